The van der Waals surface area contributed by atoms with E-state index < -0.39 is 0 Å². The molecule has 1 N–H and O–H groups in total. The highest BCUT2D eigenvalue weighted by Crippen LogP contribution is 2.41. The molecule has 0 spiro atoms. The molecule has 42 heavy (non-hydrogen) atoms. The predicted molar refractivity (Wildman–Crippen MR) is 180 cm³/mol. The van der Waals surface area contributed by atoms with Gasteiger partial charge in [0, 0.05) is 22.7 Å². The van der Waals surface area contributed by atoms with Crippen molar-refractivity contribution in [2.45, 2.75) is 65.2 Å². The molecule has 5 rings (SSSR count). The van der Waals surface area contributed by atoms with Gasteiger partial charge in [0.25, 0.3) is 0 Å². The summed E-state index contributed by atoms with van der Waals surface area (Å²) >= 11 is 1.91. The Balaban J connectivity index is 1.23. The van der Waals surface area contributed by atoms with E-state index in [-0.39, 0.29) is 0 Å². The zero-order valence-electron chi connectivity index (χ0n) is 25.6. The van der Waals surface area contributed by atoms with Crippen LogP contribution in [0.3, 0.4) is 0 Å². The van der Waals surface area contributed by atoms with E-state index in [4.69, 9.17) is 9.47 Å². The van der Waals surface area contributed by atoms with E-state index in [0.717, 1.165) is 50.6 Å². The van der Waals surface area contributed by atoms with Crippen molar-refractivity contribution >= 4 is 21.4 Å². The fourth-order valence-corrected chi connectivity index (χ4v) is 7.07. The SMILES string of the molecule is CCCCCCNCCOc1ccc(Cc2c(-c3ccc(OCCN4CCCC4)cc3)sc3cc(CC)ccc23)cc1. The van der Waals surface area contributed by atoms with Crippen molar-refractivity contribution < 1.29 is 9.47 Å². The van der Waals surface area contributed by atoms with Crippen molar-refractivity contribution in [3.63, 3.8) is 0 Å². The number of benzene rings is 3. The van der Waals surface area contributed by atoms with Crippen LogP contribution < -0.4 is 14.8 Å². The van der Waals surface area contributed by atoms with Crippen molar-refractivity contribution in [1.29, 1.82) is 0 Å². The average molecular weight is 585 g/mol. The van der Waals surface area contributed by atoms with Gasteiger partial charge in [-0.1, -0.05) is 57.4 Å². The van der Waals surface area contributed by atoms with Crippen LogP contribution in [0.2, 0.25) is 0 Å². The number of rotatable bonds is 17. The Morgan fingerprint density at radius 1 is 0.762 bits per heavy atom. The van der Waals surface area contributed by atoms with Crippen LogP contribution in [0.5, 0.6) is 11.5 Å². The molecule has 2 heterocycles. The first-order valence-electron chi connectivity index (χ1n) is 16.2. The van der Waals surface area contributed by atoms with Crippen molar-refractivity contribution in [2.24, 2.45) is 0 Å². The normalized spacial score (nSPS) is 13.7. The summed E-state index contributed by atoms with van der Waals surface area (Å²) in [6.07, 6.45) is 9.76. The Kier molecular flexibility index (Phi) is 11.7. The quantitative estimate of drug-likeness (QED) is 0.126. The second-order valence-electron chi connectivity index (χ2n) is 11.5. The van der Waals surface area contributed by atoms with E-state index in [9.17, 15) is 0 Å². The summed E-state index contributed by atoms with van der Waals surface area (Å²) in [7, 11) is 0. The third-order valence-electron chi connectivity index (χ3n) is 8.32. The Labute approximate surface area is 257 Å². The molecule has 1 aromatic heterocycles. The van der Waals surface area contributed by atoms with E-state index in [0.29, 0.717) is 6.61 Å². The fourth-order valence-electron chi connectivity index (χ4n) is 5.77. The summed E-state index contributed by atoms with van der Waals surface area (Å²) in [6.45, 7) is 11.3. The molecule has 0 aliphatic carbocycles. The number of nitrogens with one attached hydrogen (secondary N) is 1. The molecule has 0 radical (unpaired) electrons. The van der Waals surface area contributed by atoms with Crippen LogP contribution in [0.1, 0.15) is 69.1 Å². The summed E-state index contributed by atoms with van der Waals surface area (Å²) in [6, 6.07) is 24.4. The molecule has 0 amide bonds. The third kappa shape index (κ3) is 8.59. The Hall–Kier alpha value is -2.86. The number of ether oxygens (including phenoxy) is 2. The molecule has 224 valence electrons. The molecule has 0 saturated carbocycles. The van der Waals surface area contributed by atoms with Gasteiger partial charge in [-0.2, -0.15) is 0 Å². The zero-order chi connectivity index (χ0) is 29.0. The molecular weight excluding hydrogens is 536 g/mol. The van der Waals surface area contributed by atoms with Crippen molar-refractivity contribution in [3.8, 4) is 21.9 Å². The van der Waals surface area contributed by atoms with Gasteiger partial charge < -0.3 is 14.8 Å². The molecule has 1 saturated heterocycles. The molecule has 1 aliphatic rings. The molecule has 0 unspecified atom stereocenters. The lowest BCUT2D eigenvalue weighted by Gasteiger charge is -2.15. The van der Waals surface area contributed by atoms with Crippen LogP contribution in [-0.4, -0.2) is 50.8 Å². The summed E-state index contributed by atoms with van der Waals surface area (Å²) in [5.41, 5.74) is 5.36. The van der Waals surface area contributed by atoms with E-state index >= 15 is 0 Å². The second kappa shape index (κ2) is 16.1. The number of aryl methyl sites for hydroxylation is 1. The van der Waals surface area contributed by atoms with Crippen LogP contribution in [0.15, 0.2) is 66.7 Å². The first-order chi connectivity index (χ1) is 20.7. The summed E-state index contributed by atoms with van der Waals surface area (Å²) in [5, 5.41) is 4.86. The number of nitrogens with zero attached hydrogens (tertiary/aromatic N) is 1. The van der Waals surface area contributed by atoms with Gasteiger partial charge in [0.15, 0.2) is 0 Å². The van der Waals surface area contributed by atoms with Gasteiger partial charge in [0.1, 0.15) is 24.7 Å². The van der Waals surface area contributed by atoms with Crippen LogP contribution in [0.25, 0.3) is 20.5 Å². The number of hydrogen-bond donors (Lipinski definition) is 1. The minimum atomic E-state index is 0.699. The minimum absolute atomic E-state index is 0.699. The lowest BCUT2D eigenvalue weighted by molar-refractivity contribution is 0.238. The van der Waals surface area contributed by atoms with Crippen LogP contribution in [-0.2, 0) is 12.8 Å². The molecule has 1 aliphatic heterocycles. The lowest BCUT2D eigenvalue weighted by atomic mass is 9.98. The Morgan fingerprint density at radius 2 is 1.48 bits per heavy atom. The van der Waals surface area contributed by atoms with Gasteiger partial charge in [-0.3, -0.25) is 4.90 Å². The highest BCUT2D eigenvalue weighted by atomic mass is 32.1. The molecule has 3 aromatic carbocycles. The maximum Gasteiger partial charge on any atom is 0.119 e. The maximum atomic E-state index is 6.09. The van der Waals surface area contributed by atoms with Crippen molar-refractivity contribution in [3.05, 3.63) is 83.4 Å². The second-order valence-corrected chi connectivity index (χ2v) is 12.5. The highest BCUT2D eigenvalue weighted by molar-refractivity contribution is 7.22. The van der Waals surface area contributed by atoms with E-state index in [2.05, 4.69) is 90.8 Å². The van der Waals surface area contributed by atoms with Gasteiger partial charge >= 0.3 is 0 Å². The number of fused-ring (bicyclic) bond motifs is 1. The van der Waals surface area contributed by atoms with Crippen LogP contribution in [0, 0.1) is 0 Å². The maximum absolute atomic E-state index is 6.09. The third-order valence-corrected chi connectivity index (χ3v) is 9.56. The predicted octanol–water partition coefficient (Wildman–Crippen LogP) is 8.74. The number of thiophene rings is 1. The monoisotopic (exact) mass is 584 g/mol. The fraction of sp³-hybridized carbons (Fsp3) is 0.459. The van der Waals surface area contributed by atoms with Crippen LogP contribution in [0.4, 0.5) is 0 Å². The van der Waals surface area contributed by atoms with E-state index in [1.54, 1.807) is 0 Å². The molecule has 1 fully saturated rings. The van der Waals surface area contributed by atoms with Gasteiger partial charge in [-0.05, 0) is 122 Å². The van der Waals surface area contributed by atoms with Crippen molar-refractivity contribution in [1.82, 2.24) is 10.2 Å². The average Bonchev–Trinajstić information content (AvgIpc) is 3.67. The minimum Gasteiger partial charge on any atom is -0.492 e. The number of hydrogen-bond acceptors (Lipinski definition) is 5. The summed E-state index contributed by atoms with van der Waals surface area (Å²) in [5.74, 6) is 1.89. The number of likely N-dealkylation sites (tertiary alicyclic amines) is 1. The Bertz CT molecular complexity index is 1360. The Morgan fingerprint density at radius 3 is 2.21 bits per heavy atom. The molecule has 0 atom stereocenters. The van der Waals surface area contributed by atoms with Gasteiger partial charge in [-0.25, -0.2) is 0 Å². The zero-order valence-corrected chi connectivity index (χ0v) is 26.4. The van der Waals surface area contributed by atoms with E-state index in [1.165, 1.54) is 88.8 Å². The smallest absolute Gasteiger partial charge is 0.119 e. The first kappa shape index (κ1) is 30.6. The largest absolute Gasteiger partial charge is 0.492 e. The first-order valence-corrected chi connectivity index (χ1v) is 17.0. The standard InChI is InChI=1S/C37H48N2O2S/c1-3-5-6-7-20-38-21-25-40-32-15-10-30(11-16-32)27-35-34-19-12-29(4-2)28-36(34)42-37(35)31-13-17-33(18-14-31)41-26-24-39-22-8-9-23-39/h10-19,28,38H,3-9,20-27H2,1-2H3. The lowest BCUT2D eigenvalue weighted by Crippen LogP contribution is -2.25. The summed E-state index contributed by atoms with van der Waals surface area (Å²) in [4.78, 5) is 3.85. The van der Waals surface area contributed by atoms with Crippen LogP contribution >= 0.6 is 11.3 Å². The number of unbranched alkanes of at least 4 members (excludes halogenated alkanes) is 3. The summed E-state index contributed by atoms with van der Waals surface area (Å²) < 4.78 is 13.5. The topological polar surface area (TPSA) is 33.7 Å². The molecule has 4 aromatic rings. The van der Waals surface area contributed by atoms with Gasteiger partial charge in [0.2, 0.25) is 0 Å². The molecule has 5 heteroatoms. The molecule has 4 nitrogen and oxygen atoms in total. The molecular formula is C37H48N2O2S. The van der Waals surface area contributed by atoms with Crippen molar-refractivity contribution in [2.75, 3.05) is 45.9 Å². The highest BCUT2D eigenvalue weighted by Gasteiger charge is 2.16. The van der Waals surface area contributed by atoms with Gasteiger partial charge in [0.05, 0.1) is 0 Å². The van der Waals surface area contributed by atoms with Gasteiger partial charge in [-0.15, -0.1) is 11.3 Å². The molecule has 0 bridgehead atoms. The van der Waals surface area contributed by atoms with E-state index in [1.807, 2.05) is 11.3 Å².